The fourth-order valence-electron chi connectivity index (χ4n) is 1.81. The minimum atomic E-state index is -1.11. The topological polar surface area (TPSA) is 40.5 Å². The molecule has 1 rings (SSSR count). The van der Waals surface area contributed by atoms with Crippen molar-refractivity contribution in [3.05, 3.63) is 29.6 Å². The lowest BCUT2D eigenvalue weighted by atomic mass is 9.95. The molecular formula is C13H18FNO2. The number of rotatable bonds is 3. The quantitative estimate of drug-likeness (QED) is 0.881. The fourth-order valence-corrected chi connectivity index (χ4v) is 1.81. The van der Waals surface area contributed by atoms with E-state index in [2.05, 4.69) is 20.8 Å². The predicted octanol–water partition coefficient (Wildman–Crippen LogP) is 3.01. The highest BCUT2D eigenvalue weighted by Gasteiger charge is 2.19. The SMILES string of the molecule is CN(CC(C)(C)C)c1ccc(F)cc1C(=O)O. The third kappa shape index (κ3) is 3.73. The van der Waals surface area contributed by atoms with Gasteiger partial charge in [0.05, 0.1) is 11.3 Å². The number of carboxylic acid groups (broad SMARTS) is 1. The molecule has 0 aromatic heterocycles. The molecule has 17 heavy (non-hydrogen) atoms. The Bertz CT molecular complexity index is 424. The van der Waals surface area contributed by atoms with E-state index in [1.807, 2.05) is 11.9 Å². The highest BCUT2D eigenvalue weighted by atomic mass is 19.1. The van der Waals surface area contributed by atoms with Gasteiger partial charge in [0.15, 0.2) is 0 Å². The van der Waals surface area contributed by atoms with Gasteiger partial charge in [0.2, 0.25) is 0 Å². The van der Waals surface area contributed by atoms with Gasteiger partial charge >= 0.3 is 5.97 Å². The minimum absolute atomic E-state index is 0.00301. The van der Waals surface area contributed by atoms with Gasteiger partial charge in [0.1, 0.15) is 5.82 Å². The van der Waals surface area contributed by atoms with Gasteiger partial charge in [0, 0.05) is 13.6 Å². The van der Waals surface area contributed by atoms with Crippen LogP contribution in [0.25, 0.3) is 0 Å². The molecule has 0 spiro atoms. The van der Waals surface area contributed by atoms with E-state index >= 15 is 0 Å². The van der Waals surface area contributed by atoms with Crippen molar-refractivity contribution in [1.29, 1.82) is 0 Å². The first-order chi connectivity index (χ1) is 7.70. The zero-order chi connectivity index (χ0) is 13.2. The molecule has 0 amide bonds. The van der Waals surface area contributed by atoms with Crippen LogP contribution < -0.4 is 4.90 Å². The molecule has 0 aliphatic heterocycles. The molecule has 0 radical (unpaired) electrons. The van der Waals surface area contributed by atoms with Crippen molar-refractivity contribution < 1.29 is 14.3 Å². The molecule has 3 nitrogen and oxygen atoms in total. The Morgan fingerprint density at radius 1 is 1.41 bits per heavy atom. The fraction of sp³-hybridized carbons (Fsp3) is 0.462. The summed E-state index contributed by atoms with van der Waals surface area (Å²) in [6, 6.07) is 3.84. The molecule has 0 aliphatic rings. The maximum atomic E-state index is 13.0. The van der Waals surface area contributed by atoms with Crippen molar-refractivity contribution >= 4 is 11.7 Å². The van der Waals surface area contributed by atoms with E-state index in [-0.39, 0.29) is 11.0 Å². The van der Waals surface area contributed by atoms with Crippen LogP contribution in [-0.2, 0) is 0 Å². The number of aromatic carboxylic acids is 1. The second kappa shape index (κ2) is 4.73. The Morgan fingerprint density at radius 2 is 2.00 bits per heavy atom. The third-order valence-corrected chi connectivity index (χ3v) is 2.31. The Kier molecular flexibility index (Phi) is 3.76. The number of nitrogens with zero attached hydrogens (tertiary/aromatic N) is 1. The van der Waals surface area contributed by atoms with Crippen molar-refractivity contribution in [2.24, 2.45) is 5.41 Å². The van der Waals surface area contributed by atoms with Crippen molar-refractivity contribution in [3.63, 3.8) is 0 Å². The number of hydrogen-bond acceptors (Lipinski definition) is 2. The van der Waals surface area contributed by atoms with E-state index in [0.29, 0.717) is 12.2 Å². The van der Waals surface area contributed by atoms with Crippen LogP contribution in [0.15, 0.2) is 18.2 Å². The number of anilines is 1. The van der Waals surface area contributed by atoms with Gasteiger partial charge in [-0.1, -0.05) is 20.8 Å². The molecule has 1 aromatic rings. The Hall–Kier alpha value is -1.58. The lowest BCUT2D eigenvalue weighted by Crippen LogP contribution is -2.30. The van der Waals surface area contributed by atoms with E-state index in [4.69, 9.17) is 5.11 Å². The molecule has 0 heterocycles. The molecule has 94 valence electrons. The van der Waals surface area contributed by atoms with Crippen molar-refractivity contribution in [3.8, 4) is 0 Å². The van der Waals surface area contributed by atoms with Crippen LogP contribution in [0.4, 0.5) is 10.1 Å². The minimum Gasteiger partial charge on any atom is -0.478 e. The average molecular weight is 239 g/mol. The van der Waals surface area contributed by atoms with Gasteiger partial charge in [-0.05, 0) is 23.6 Å². The molecule has 0 unspecified atom stereocenters. The number of carbonyl (C=O) groups is 1. The smallest absolute Gasteiger partial charge is 0.337 e. The van der Waals surface area contributed by atoms with Crippen LogP contribution in [0.2, 0.25) is 0 Å². The first-order valence-corrected chi connectivity index (χ1v) is 5.45. The van der Waals surface area contributed by atoms with Crippen LogP contribution in [0.5, 0.6) is 0 Å². The Balaban J connectivity index is 3.09. The monoisotopic (exact) mass is 239 g/mol. The van der Waals surface area contributed by atoms with Crippen molar-refractivity contribution in [2.75, 3.05) is 18.5 Å². The van der Waals surface area contributed by atoms with E-state index in [1.54, 1.807) is 0 Å². The first-order valence-electron chi connectivity index (χ1n) is 5.45. The molecule has 0 saturated carbocycles. The molecule has 1 N–H and O–H groups in total. The Morgan fingerprint density at radius 3 is 2.47 bits per heavy atom. The molecule has 1 aromatic carbocycles. The van der Waals surface area contributed by atoms with Gasteiger partial charge in [-0.25, -0.2) is 9.18 Å². The summed E-state index contributed by atoms with van der Waals surface area (Å²) in [6.07, 6.45) is 0. The van der Waals surface area contributed by atoms with E-state index in [9.17, 15) is 9.18 Å². The predicted molar refractivity (Wildman–Crippen MR) is 66.1 cm³/mol. The van der Waals surface area contributed by atoms with Crippen LogP contribution in [0.3, 0.4) is 0 Å². The van der Waals surface area contributed by atoms with Gasteiger partial charge in [-0.15, -0.1) is 0 Å². The summed E-state index contributed by atoms with van der Waals surface area (Å²) in [7, 11) is 1.81. The summed E-state index contributed by atoms with van der Waals surface area (Å²) < 4.78 is 13.0. The average Bonchev–Trinajstić information content (AvgIpc) is 2.14. The lowest BCUT2D eigenvalue weighted by Gasteiger charge is -2.29. The summed E-state index contributed by atoms with van der Waals surface area (Å²) in [6.45, 7) is 6.88. The number of benzene rings is 1. The molecule has 0 aliphatic carbocycles. The zero-order valence-corrected chi connectivity index (χ0v) is 10.6. The highest BCUT2D eigenvalue weighted by Crippen LogP contribution is 2.24. The molecule has 0 atom stereocenters. The van der Waals surface area contributed by atoms with Crippen molar-refractivity contribution in [2.45, 2.75) is 20.8 Å². The van der Waals surface area contributed by atoms with Crippen LogP contribution in [-0.4, -0.2) is 24.7 Å². The lowest BCUT2D eigenvalue weighted by molar-refractivity contribution is 0.0697. The van der Waals surface area contributed by atoms with E-state index in [0.717, 1.165) is 6.07 Å². The molecular weight excluding hydrogens is 221 g/mol. The molecule has 0 saturated heterocycles. The highest BCUT2D eigenvalue weighted by molar-refractivity contribution is 5.94. The largest absolute Gasteiger partial charge is 0.478 e. The van der Waals surface area contributed by atoms with E-state index in [1.165, 1.54) is 12.1 Å². The van der Waals surface area contributed by atoms with Crippen LogP contribution in [0.1, 0.15) is 31.1 Å². The van der Waals surface area contributed by atoms with E-state index < -0.39 is 11.8 Å². The molecule has 0 fully saturated rings. The zero-order valence-electron chi connectivity index (χ0n) is 10.6. The maximum absolute atomic E-state index is 13.0. The normalized spacial score (nSPS) is 11.4. The summed E-state index contributed by atoms with van der Waals surface area (Å²) >= 11 is 0. The molecule has 0 bridgehead atoms. The van der Waals surface area contributed by atoms with Gasteiger partial charge in [0.25, 0.3) is 0 Å². The summed E-state index contributed by atoms with van der Waals surface area (Å²) in [5.41, 5.74) is 0.574. The van der Waals surface area contributed by atoms with Gasteiger partial charge in [-0.3, -0.25) is 0 Å². The number of hydrogen-bond donors (Lipinski definition) is 1. The number of carboxylic acids is 1. The third-order valence-electron chi connectivity index (χ3n) is 2.31. The summed E-state index contributed by atoms with van der Waals surface area (Å²) in [5.74, 6) is -1.64. The summed E-state index contributed by atoms with van der Waals surface area (Å²) in [5, 5.41) is 9.04. The van der Waals surface area contributed by atoms with Crippen LogP contribution in [0, 0.1) is 11.2 Å². The first kappa shape index (κ1) is 13.5. The Labute approximate surface area is 101 Å². The standard InChI is InChI=1S/C13H18FNO2/c1-13(2,3)8-15(4)11-6-5-9(14)7-10(11)12(16)17/h5-7H,8H2,1-4H3,(H,16,17). The van der Waals surface area contributed by atoms with Gasteiger partial charge < -0.3 is 10.0 Å². The maximum Gasteiger partial charge on any atom is 0.337 e. The second-order valence-electron chi connectivity index (χ2n) is 5.38. The second-order valence-corrected chi connectivity index (χ2v) is 5.38. The van der Waals surface area contributed by atoms with Gasteiger partial charge in [-0.2, -0.15) is 0 Å². The summed E-state index contributed by atoms with van der Waals surface area (Å²) in [4.78, 5) is 12.9. The van der Waals surface area contributed by atoms with Crippen LogP contribution >= 0.6 is 0 Å². The number of halogens is 1. The van der Waals surface area contributed by atoms with Crippen molar-refractivity contribution in [1.82, 2.24) is 0 Å². The molecule has 4 heteroatoms.